The molecule has 0 spiro atoms. The highest BCUT2D eigenvalue weighted by molar-refractivity contribution is 5.94. The highest BCUT2D eigenvalue weighted by Gasteiger charge is 2.04. The van der Waals surface area contributed by atoms with Gasteiger partial charge in [0.1, 0.15) is 0 Å². The molecule has 0 heterocycles. The monoisotopic (exact) mass is 294 g/mol. The van der Waals surface area contributed by atoms with Gasteiger partial charge in [0.25, 0.3) is 11.6 Å². The molecule has 0 saturated heterocycles. The Morgan fingerprint density at radius 1 is 1.18 bits per heavy atom. The highest BCUT2D eigenvalue weighted by Crippen LogP contribution is 2.10. The van der Waals surface area contributed by atoms with E-state index in [1.807, 2.05) is 6.07 Å². The number of nitro groups is 1. The number of nitrogens with one attached hydrogen (secondary N) is 1. The topological polar surface area (TPSA) is 108 Å². The van der Waals surface area contributed by atoms with Gasteiger partial charge in [-0.1, -0.05) is 0 Å². The average molecular weight is 294 g/mol. The van der Waals surface area contributed by atoms with Crippen molar-refractivity contribution in [1.29, 1.82) is 5.26 Å². The molecule has 2 aromatic rings. The van der Waals surface area contributed by atoms with Crippen molar-refractivity contribution in [3.8, 4) is 6.07 Å². The van der Waals surface area contributed by atoms with Crippen molar-refractivity contribution < 1.29 is 9.72 Å². The summed E-state index contributed by atoms with van der Waals surface area (Å²) in [5.41, 5.74) is 3.78. The van der Waals surface area contributed by atoms with Gasteiger partial charge in [0.05, 0.1) is 22.8 Å². The summed E-state index contributed by atoms with van der Waals surface area (Å²) in [5.74, 6) is -0.414. The standard InChI is InChI=1S/C15H10N4O3/c16-9-11-1-5-13(6-2-11)15(20)18-17-10-12-3-7-14(8-4-12)19(21)22/h1-8,10H,(H,18,20)/b17-10-. The minimum absolute atomic E-state index is 0.0150. The van der Waals surface area contributed by atoms with Crippen LogP contribution in [0.1, 0.15) is 21.5 Å². The van der Waals surface area contributed by atoms with Gasteiger partial charge in [-0.2, -0.15) is 10.4 Å². The summed E-state index contributed by atoms with van der Waals surface area (Å²) in [7, 11) is 0. The average Bonchev–Trinajstić information content (AvgIpc) is 2.55. The maximum Gasteiger partial charge on any atom is 0.271 e. The molecule has 2 rings (SSSR count). The number of carbonyl (C=O) groups excluding carboxylic acids is 1. The van der Waals surface area contributed by atoms with Crippen molar-refractivity contribution in [2.75, 3.05) is 0 Å². The third-order valence-corrected chi connectivity index (χ3v) is 2.76. The number of rotatable bonds is 4. The number of non-ortho nitro benzene ring substituents is 1. The first-order valence-electron chi connectivity index (χ1n) is 6.18. The third kappa shape index (κ3) is 3.74. The van der Waals surface area contributed by atoms with Gasteiger partial charge in [0, 0.05) is 17.7 Å². The van der Waals surface area contributed by atoms with Crippen LogP contribution in [0, 0.1) is 21.4 Å². The fourth-order valence-corrected chi connectivity index (χ4v) is 1.61. The lowest BCUT2D eigenvalue weighted by Crippen LogP contribution is -2.17. The van der Waals surface area contributed by atoms with Crippen LogP contribution in [0.15, 0.2) is 53.6 Å². The number of nitro benzene ring substituents is 1. The van der Waals surface area contributed by atoms with Crippen LogP contribution in [0.25, 0.3) is 0 Å². The molecule has 0 atom stereocenters. The lowest BCUT2D eigenvalue weighted by atomic mass is 10.1. The Kier molecular flexibility index (Phi) is 4.57. The number of carbonyl (C=O) groups is 1. The number of nitrogens with zero attached hydrogens (tertiary/aromatic N) is 3. The SMILES string of the molecule is N#Cc1ccc(C(=O)N/N=C\c2ccc([N+](=O)[O-])cc2)cc1. The van der Waals surface area contributed by atoms with Crippen LogP contribution in [0.3, 0.4) is 0 Å². The van der Waals surface area contributed by atoms with Gasteiger partial charge in [0.2, 0.25) is 0 Å². The Bertz CT molecular complexity index is 759. The van der Waals surface area contributed by atoms with Crippen LogP contribution in [-0.4, -0.2) is 17.0 Å². The van der Waals surface area contributed by atoms with E-state index in [0.717, 1.165) is 0 Å². The van der Waals surface area contributed by atoms with Crippen molar-refractivity contribution in [3.05, 3.63) is 75.3 Å². The first-order valence-corrected chi connectivity index (χ1v) is 6.18. The number of benzene rings is 2. The van der Waals surface area contributed by atoms with Crippen LogP contribution in [0.4, 0.5) is 5.69 Å². The molecule has 22 heavy (non-hydrogen) atoms. The molecule has 0 aliphatic rings. The Balaban J connectivity index is 1.97. The maximum absolute atomic E-state index is 11.8. The summed E-state index contributed by atoms with van der Waals surface area (Å²) >= 11 is 0. The second-order valence-corrected chi connectivity index (χ2v) is 4.24. The van der Waals surface area contributed by atoms with Crippen molar-refractivity contribution in [3.63, 3.8) is 0 Å². The van der Waals surface area contributed by atoms with Crippen LogP contribution in [0.2, 0.25) is 0 Å². The molecule has 7 heteroatoms. The van der Waals surface area contributed by atoms with Crippen LogP contribution < -0.4 is 5.43 Å². The number of amides is 1. The predicted octanol–water partition coefficient (Wildman–Crippen LogP) is 2.23. The molecule has 108 valence electrons. The largest absolute Gasteiger partial charge is 0.271 e. The van der Waals surface area contributed by atoms with Crippen LogP contribution in [-0.2, 0) is 0 Å². The molecule has 0 fully saturated rings. The zero-order chi connectivity index (χ0) is 15.9. The van der Waals surface area contributed by atoms with Gasteiger partial charge in [0.15, 0.2) is 0 Å². The number of hydrogen-bond acceptors (Lipinski definition) is 5. The third-order valence-electron chi connectivity index (χ3n) is 2.76. The fraction of sp³-hybridized carbons (Fsp3) is 0. The molecule has 1 amide bonds. The zero-order valence-electron chi connectivity index (χ0n) is 11.3. The first kappa shape index (κ1) is 14.9. The predicted molar refractivity (Wildman–Crippen MR) is 79.3 cm³/mol. The normalized spacial score (nSPS) is 10.1. The van der Waals surface area contributed by atoms with Gasteiger partial charge in [-0.15, -0.1) is 0 Å². The lowest BCUT2D eigenvalue weighted by Gasteiger charge is -1.99. The number of hydrogen-bond donors (Lipinski definition) is 1. The first-order chi connectivity index (χ1) is 10.6. The second-order valence-electron chi connectivity index (χ2n) is 4.24. The van der Waals surface area contributed by atoms with Crippen LogP contribution >= 0.6 is 0 Å². The van der Waals surface area contributed by atoms with Gasteiger partial charge in [-0.05, 0) is 42.0 Å². The summed E-state index contributed by atoms with van der Waals surface area (Å²) < 4.78 is 0. The van der Waals surface area contributed by atoms with Gasteiger partial charge >= 0.3 is 0 Å². The smallest absolute Gasteiger partial charge is 0.267 e. The lowest BCUT2D eigenvalue weighted by molar-refractivity contribution is -0.384. The minimum Gasteiger partial charge on any atom is -0.267 e. The van der Waals surface area contributed by atoms with E-state index < -0.39 is 10.8 Å². The van der Waals surface area contributed by atoms with Crippen molar-refractivity contribution >= 4 is 17.8 Å². The van der Waals surface area contributed by atoms with E-state index in [1.54, 1.807) is 0 Å². The Morgan fingerprint density at radius 2 is 1.82 bits per heavy atom. The van der Waals surface area contributed by atoms with Gasteiger partial charge in [-0.3, -0.25) is 14.9 Å². The Morgan fingerprint density at radius 3 is 2.36 bits per heavy atom. The molecule has 0 aliphatic heterocycles. The molecule has 0 bridgehead atoms. The molecule has 0 unspecified atom stereocenters. The van der Waals surface area contributed by atoms with Gasteiger partial charge in [-0.25, -0.2) is 5.43 Å². The Hall–Kier alpha value is -3.53. The van der Waals surface area contributed by atoms with Crippen LogP contribution in [0.5, 0.6) is 0 Å². The van der Waals surface area contributed by atoms with E-state index >= 15 is 0 Å². The van der Waals surface area contributed by atoms with Gasteiger partial charge < -0.3 is 0 Å². The zero-order valence-corrected chi connectivity index (χ0v) is 11.3. The molecule has 7 nitrogen and oxygen atoms in total. The van der Waals surface area contributed by atoms with E-state index in [1.165, 1.54) is 54.7 Å². The molecular formula is C15H10N4O3. The quantitative estimate of drug-likeness (QED) is 0.529. The molecule has 2 aromatic carbocycles. The van der Waals surface area contributed by atoms with E-state index in [9.17, 15) is 14.9 Å². The number of nitriles is 1. The fourth-order valence-electron chi connectivity index (χ4n) is 1.61. The molecule has 0 aromatic heterocycles. The summed E-state index contributed by atoms with van der Waals surface area (Å²) in [6.07, 6.45) is 1.38. The van der Waals surface area contributed by atoms with Crippen molar-refractivity contribution in [2.24, 2.45) is 5.10 Å². The molecule has 0 aliphatic carbocycles. The van der Waals surface area contributed by atoms with Crippen molar-refractivity contribution in [2.45, 2.75) is 0 Å². The van der Waals surface area contributed by atoms with E-state index in [4.69, 9.17) is 5.26 Å². The summed E-state index contributed by atoms with van der Waals surface area (Å²) in [4.78, 5) is 21.8. The molecule has 0 radical (unpaired) electrons. The van der Waals surface area contributed by atoms with E-state index in [0.29, 0.717) is 16.7 Å². The van der Waals surface area contributed by atoms with E-state index in [2.05, 4.69) is 10.5 Å². The van der Waals surface area contributed by atoms with Crippen molar-refractivity contribution in [1.82, 2.24) is 5.43 Å². The number of hydrazone groups is 1. The minimum atomic E-state index is -0.492. The second kappa shape index (κ2) is 6.76. The Labute approximate surface area is 125 Å². The molecule has 1 N–H and O–H groups in total. The summed E-state index contributed by atoms with van der Waals surface area (Å²) in [5, 5.41) is 23.0. The summed E-state index contributed by atoms with van der Waals surface area (Å²) in [6, 6.07) is 13.8. The highest BCUT2D eigenvalue weighted by atomic mass is 16.6. The molecule has 0 saturated carbocycles. The summed E-state index contributed by atoms with van der Waals surface area (Å²) in [6.45, 7) is 0. The van der Waals surface area contributed by atoms with E-state index in [-0.39, 0.29) is 5.69 Å². The maximum atomic E-state index is 11.8. The molecular weight excluding hydrogens is 284 g/mol.